The van der Waals surface area contributed by atoms with Crippen molar-refractivity contribution in [1.82, 2.24) is 9.97 Å². The van der Waals surface area contributed by atoms with Crippen LogP contribution in [0.15, 0.2) is 48.5 Å². The second-order valence-corrected chi connectivity index (χ2v) is 7.96. The van der Waals surface area contributed by atoms with Gasteiger partial charge in [0, 0.05) is 18.8 Å². The fraction of sp³-hybridized carbons (Fsp3) is 0.333. The van der Waals surface area contributed by atoms with Gasteiger partial charge in [-0.15, -0.1) is 0 Å². The third-order valence-corrected chi connectivity index (χ3v) is 5.55. The maximum absolute atomic E-state index is 13.8. The number of esters is 1. The summed E-state index contributed by atoms with van der Waals surface area (Å²) in [5.41, 5.74) is 0.161. The van der Waals surface area contributed by atoms with E-state index < -0.39 is 23.8 Å². The van der Waals surface area contributed by atoms with Gasteiger partial charge in [-0.3, -0.25) is 4.79 Å². The van der Waals surface area contributed by atoms with Crippen molar-refractivity contribution in [3.05, 3.63) is 59.8 Å². The first-order valence-electron chi connectivity index (χ1n) is 10.9. The topological polar surface area (TPSA) is 84.4 Å². The Balaban J connectivity index is 1.55. The van der Waals surface area contributed by atoms with E-state index in [1.165, 1.54) is 17.0 Å². The van der Waals surface area contributed by atoms with E-state index in [9.17, 15) is 22.8 Å². The molecule has 3 aromatic rings. The number of anilines is 2. The number of ether oxygens (including phenoxy) is 1. The molecule has 1 saturated heterocycles. The molecule has 1 fully saturated rings. The first kappa shape index (κ1) is 23.5. The number of rotatable bonds is 5. The SMILES string of the molecule is CCOC(=O)c1cccc(NC(=O)C2CCCN(c3nc4ccccc4nc3C(F)(F)F)C2)c1. The molecule has 34 heavy (non-hydrogen) atoms. The minimum absolute atomic E-state index is 0.0689. The minimum atomic E-state index is -4.69. The molecule has 1 aliphatic rings. The van der Waals surface area contributed by atoms with E-state index in [-0.39, 0.29) is 30.4 Å². The van der Waals surface area contributed by atoms with E-state index in [0.717, 1.165) is 0 Å². The van der Waals surface area contributed by atoms with Gasteiger partial charge in [0.2, 0.25) is 5.91 Å². The molecule has 4 rings (SSSR count). The Kier molecular flexibility index (Phi) is 6.67. The predicted molar refractivity (Wildman–Crippen MR) is 121 cm³/mol. The van der Waals surface area contributed by atoms with E-state index in [1.54, 1.807) is 43.3 Å². The zero-order valence-electron chi connectivity index (χ0n) is 18.4. The van der Waals surface area contributed by atoms with Crippen molar-refractivity contribution in [2.45, 2.75) is 25.9 Å². The van der Waals surface area contributed by atoms with Crippen LogP contribution in [0.5, 0.6) is 0 Å². The van der Waals surface area contributed by atoms with Gasteiger partial charge in [-0.2, -0.15) is 13.2 Å². The fourth-order valence-electron chi connectivity index (χ4n) is 3.97. The largest absolute Gasteiger partial charge is 0.462 e. The Morgan fingerprint density at radius 2 is 1.85 bits per heavy atom. The zero-order valence-corrected chi connectivity index (χ0v) is 18.4. The molecule has 2 aromatic carbocycles. The van der Waals surface area contributed by atoms with Crippen LogP contribution in [0.25, 0.3) is 11.0 Å². The molecule has 7 nitrogen and oxygen atoms in total. The molecule has 10 heteroatoms. The lowest BCUT2D eigenvalue weighted by Gasteiger charge is -2.34. The van der Waals surface area contributed by atoms with Crippen LogP contribution < -0.4 is 10.2 Å². The van der Waals surface area contributed by atoms with Crippen LogP contribution in [0.3, 0.4) is 0 Å². The number of benzene rings is 2. The number of aromatic nitrogens is 2. The molecular weight excluding hydrogens is 449 g/mol. The van der Waals surface area contributed by atoms with E-state index in [2.05, 4.69) is 15.3 Å². The van der Waals surface area contributed by atoms with E-state index in [1.807, 2.05) is 0 Å². The molecule has 0 spiro atoms. The van der Waals surface area contributed by atoms with Gasteiger partial charge in [0.25, 0.3) is 0 Å². The van der Waals surface area contributed by atoms with Gasteiger partial charge in [0.15, 0.2) is 11.5 Å². The van der Waals surface area contributed by atoms with Crippen molar-refractivity contribution in [3.63, 3.8) is 0 Å². The molecule has 1 atom stereocenters. The predicted octanol–water partition coefficient (Wildman–Crippen LogP) is 4.68. The van der Waals surface area contributed by atoms with Crippen molar-refractivity contribution in [1.29, 1.82) is 0 Å². The smallest absolute Gasteiger partial charge is 0.437 e. The van der Waals surface area contributed by atoms with Crippen molar-refractivity contribution >= 4 is 34.4 Å². The molecule has 178 valence electrons. The number of alkyl halides is 3. The van der Waals surface area contributed by atoms with Crippen LogP contribution in [0.2, 0.25) is 0 Å². The highest BCUT2D eigenvalue weighted by Gasteiger charge is 2.40. The van der Waals surface area contributed by atoms with Crippen LogP contribution in [-0.2, 0) is 15.7 Å². The van der Waals surface area contributed by atoms with Crippen LogP contribution in [0.4, 0.5) is 24.7 Å². The molecule has 0 radical (unpaired) electrons. The molecular formula is C24H23F3N4O3. The highest BCUT2D eigenvalue weighted by molar-refractivity contribution is 5.95. The van der Waals surface area contributed by atoms with Gasteiger partial charge >= 0.3 is 12.1 Å². The number of fused-ring (bicyclic) bond motifs is 1. The van der Waals surface area contributed by atoms with Crippen LogP contribution in [0, 0.1) is 5.92 Å². The van der Waals surface area contributed by atoms with Gasteiger partial charge in [-0.1, -0.05) is 18.2 Å². The van der Waals surface area contributed by atoms with Crippen molar-refractivity contribution in [2.75, 3.05) is 29.9 Å². The Hall–Kier alpha value is -3.69. The Labute approximate surface area is 193 Å². The van der Waals surface area contributed by atoms with Gasteiger partial charge < -0.3 is 15.0 Å². The van der Waals surface area contributed by atoms with Crippen molar-refractivity contribution < 1.29 is 27.5 Å². The van der Waals surface area contributed by atoms with Gasteiger partial charge in [-0.25, -0.2) is 14.8 Å². The molecule has 1 unspecified atom stereocenters. The van der Waals surface area contributed by atoms with Crippen LogP contribution in [0.1, 0.15) is 35.8 Å². The normalized spacial score (nSPS) is 16.4. The Bertz CT molecular complexity index is 1220. The molecule has 0 saturated carbocycles. The molecule has 2 heterocycles. The van der Waals surface area contributed by atoms with Gasteiger partial charge in [0.1, 0.15) is 0 Å². The summed E-state index contributed by atoms with van der Waals surface area (Å²) < 4.78 is 46.3. The van der Waals surface area contributed by atoms with E-state index in [0.29, 0.717) is 36.2 Å². The highest BCUT2D eigenvalue weighted by atomic mass is 19.4. The Morgan fingerprint density at radius 3 is 2.56 bits per heavy atom. The summed E-state index contributed by atoms with van der Waals surface area (Å²) in [7, 11) is 0. The standard InChI is InChI=1S/C24H23F3N4O3/c1-2-34-23(33)15-7-5-9-17(13-15)28-22(32)16-8-6-12-31(14-16)21-20(24(25,26)27)29-18-10-3-4-11-19(18)30-21/h3-5,7,9-11,13,16H,2,6,8,12,14H2,1H3,(H,28,32). The summed E-state index contributed by atoms with van der Waals surface area (Å²) in [6, 6.07) is 12.7. The summed E-state index contributed by atoms with van der Waals surface area (Å²) in [5, 5.41) is 2.76. The highest BCUT2D eigenvalue weighted by Crippen LogP contribution is 2.36. The summed E-state index contributed by atoms with van der Waals surface area (Å²) in [5.74, 6) is -1.67. The lowest BCUT2D eigenvalue weighted by Crippen LogP contribution is -2.42. The molecule has 1 amide bonds. The summed E-state index contributed by atoms with van der Waals surface area (Å²) in [6.45, 7) is 2.32. The number of hydrogen-bond donors (Lipinski definition) is 1. The first-order chi connectivity index (χ1) is 16.3. The number of piperidine rings is 1. The second-order valence-electron chi connectivity index (χ2n) is 7.96. The lowest BCUT2D eigenvalue weighted by molar-refractivity contribution is -0.140. The number of carbonyl (C=O) groups excluding carboxylic acids is 2. The van der Waals surface area contributed by atoms with Crippen LogP contribution >= 0.6 is 0 Å². The van der Waals surface area contributed by atoms with Gasteiger partial charge in [0.05, 0.1) is 29.1 Å². The quantitative estimate of drug-likeness (QED) is 0.543. The number of halogens is 3. The summed E-state index contributed by atoms with van der Waals surface area (Å²) in [4.78, 5) is 34.4. The second kappa shape index (κ2) is 9.66. The number of nitrogens with zero attached hydrogens (tertiary/aromatic N) is 3. The maximum Gasteiger partial charge on any atom is 0.437 e. The molecule has 0 bridgehead atoms. The first-order valence-corrected chi connectivity index (χ1v) is 10.9. The summed E-state index contributed by atoms with van der Waals surface area (Å²) in [6.07, 6.45) is -3.65. The minimum Gasteiger partial charge on any atom is -0.462 e. The van der Waals surface area contributed by atoms with E-state index >= 15 is 0 Å². The van der Waals surface area contributed by atoms with Gasteiger partial charge in [-0.05, 0) is 50.1 Å². The number of hydrogen-bond acceptors (Lipinski definition) is 6. The number of amides is 1. The number of carbonyl (C=O) groups is 2. The lowest BCUT2D eigenvalue weighted by atomic mass is 9.96. The average molecular weight is 472 g/mol. The van der Waals surface area contributed by atoms with Crippen LogP contribution in [-0.4, -0.2) is 41.5 Å². The molecule has 0 aliphatic carbocycles. The van der Waals surface area contributed by atoms with Crippen molar-refractivity contribution in [2.24, 2.45) is 5.92 Å². The fourth-order valence-corrected chi connectivity index (χ4v) is 3.97. The molecule has 1 N–H and O–H groups in total. The third kappa shape index (κ3) is 5.11. The number of nitrogens with one attached hydrogen (secondary N) is 1. The number of para-hydroxylation sites is 2. The Morgan fingerprint density at radius 1 is 1.12 bits per heavy atom. The van der Waals surface area contributed by atoms with Crippen molar-refractivity contribution in [3.8, 4) is 0 Å². The third-order valence-electron chi connectivity index (χ3n) is 5.55. The average Bonchev–Trinajstić information content (AvgIpc) is 2.83. The molecule has 1 aromatic heterocycles. The zero-order chi connectivity index (χ0) is 24.3. The summed E-state index contributed by atoms with van der Waals surface area (Å²) >= 11 is 0. The van der Waals surface area contributed by atoms with E-state index in [4.69, 9.17) is 4.74 Å². The maximum atomic E-state index is 13.8. The molecule has 1 aliphatic heterocycles. The monoisotopic (exact) mass is 472 g/mol.